The van der Waals surface area contributed by atoms with E-state index in [0.29, 0.717) is 24.5 Å². The van der Waals surface area contributed by atoms with Gasteiger partial charge < -0.3 is 4.74 Å². The number of hydrogen-bond donors (Lipinski definition) is 1. The fourth-order valence-electron chi connectivity index (χ4n) is 1.52. The molecule has 82 valence electrons. The summed E-state index contributed by atoms with van der Waals surface area (Å²) in [7, 11) is -1.87. The van der Waals surface area contributed by atoms with Gasteiger partial charge in [0.15, 0.2) is 0 Å². The van der Waals surface area contributed by atoms with E-state index >= 15 is 0 Å². The molecule has 1 aromatic rings. The molecule has 0 saturated carbocycles. The Labute approximate surface area is 88.8 Å². The van der Waals surface area contributed by atoms with Crippen molar-refractivity contribution in [2.45, 2.75) is 0 Å². The molecule has 6 heteroatoms. The summed E-state index contributed by atoms with van der Waals surface area (Å²) in [6, 6.07) is 7.10. The number of ether oxygens (including phenoxy) is 1. The summed E-state index contributed by atoms with van der Waals surface area (Å²) in [5.74, 6) is 0. The van der Waals surface area contributed by atoms with Gasteiger partial charge in [-0.1, -0.05) is 12.1 Å². The molecular weight excluding hydrogens is 216 g/mol. The van der Waals surface area contributed by atoms with Gasteiger partial charge in [-0.25, -0.2) is 4.31 Å². The molecule has 0 unspecified atom stereocenters. The second-order valence-electron chi connectivity index (χ2n) is 3.19. The topological polar surface area (TPSA) is 58.6 Å². The minimum Gasteiger partial charge on any atom is -0.383 e. The lowest BCUT2D eigenvalue weighted by Crippen LogP contribution is -2.32. The van der Waals surface area contributed by atoms with Gasteiger partial charge in [-0.05, 0) is 12.1 Å². The summed E-state index contributed by atoms with van der Waals surface area (Å²) in [6.45, 7) is 0.693. The summed E-state index contributed by atoms with van der Waals surface area (Å²) in [4.78, 5) is 0. The summed E-state index contributed by atoms with van der Waals surface area (Å²) >= 11 is 0. The van der Waals surface area contributed by atoms with E-state index in [9.17, 15) is 8.42 Å². The fraction of sp³-hybridized carbons (Fsp3) is 0.333. The molecular formula is C9H12N2O3S. The number of nitrogens with one attached hydrogen (secondary N) is 1. The van der Waals surface area contributed by atoms with E-state index in [1.54, 1.807) is 31.4 Å². The van der Waals surface area contributed by atoms with Crippen LogP contribution in [-0.2, 0) is 14.9 Å². The summed E-state index contributed by atoms with van der Waals surface area (Å²) in [6.07, 6.45) is 0. The van der Waals surface area contributed by atoms with E-state index in [-0.39, 0.29) is 0 Å². The van der Waals surface area contributed by atoms with Crippen molar-refractivity contribution >= 4 is 21.6 Å². The highest BCUT2D eigenvalue weighted by Gasteiger charge is 2.31. The van der Waals surface area contributed by atoms with Gasteiger partial charge in [0, 0.05) is 7.11 Å². The first-order chi connectivity index (χ1) is 7.15. The van der Waals surface area contributed by atoms with Crippen LogP contribution in [0.3, 0.4) is 0 Å². The molecule has 0 atom stereocenters. The second kappa shape index (κ2) is 3.71. The van der Waals surface area contributed by atoms with Crippen molar-refractivity contribution in [1.29, 1.82) is 0 Å². The molecule has 0 amide bonds. The smallest absolute Gasteiger partial charge is 0.324 e. The third kappa shape index (κ3) is 1.78. The van der Waals surface area contributed by atoms with Crippen molar-refractivity contribution in [3.63, 3.8) is 0 Å². The molecule has 1 heterocycles. The molecule has 0 radical (unpaired) electrons. The van der Waals surface area contributed by atoms with E-state index < -0.39 is 10.2 Å². The largest absolute Gasteiger partial charge is 0.383 e. The molecule has 0 spiro atoms. The van der Waals surface area contributed by atoms with Crippen molar-refractivity contribution in [3.8, 4) is 0 Å². The van der Waals surface area contributed by atoms with Gasteiger partial charge in [0.25, 0.3) is 0 Å². The van der Waals surface area contributed by atoms with Gasteiger partial charge in [0.2, 0.25) is 0 Å². The highest BCUT2D eigenvalue weighted by atomic mass is 32.2. The van der Waals surface area contributed by atoms with Crippen molar-refractivity contribution in [1.82, 2.24) is 0 Å². The van der Waals surface area contributed by atoms with Crippen LogP contribution in [0.15, 0.2) is 24.3 Å². The molecule has 1 aromatic carbocycles. The number of rotatable bonds is 3. The number of benzene rings is 1. The fourth-order valence-corrected chi connectivity index (χ4v) is 2.81. The number of methoxy groups -OCH3 is 1. The Morgan fingerprint density at radius 3 is 2.87 bits per heavy atom. The summed E-state index contributed by atoms with van der Waals surface area (Å²) < 4.78 is 32.0. The maximum absolute atomic E-state index is 11.7. The number of anilines is 2. The Balaban J connectivity index is 2.35. The quantitative estimate of drug-likeness (QED) is 0.832. The predicted molar refractivity (Wildman–Crippen MR) is 58.2 cm³/mol. The standard InChI is InChI=1S/C9H12N2O3S/c1-14-7-6-11-9-5-3-2-4-8(9)10-15(11,12)13/h2-5,10H,6-7H2,1H3. The zero-order valence-electron chi connectivity index (χ0n) is 8.30. The Morgan fingerprint density at radius 1 is 1.40 bits per heavy atom. The van der Waals surface area contributed by atoms with Gasteiger partial charge in [-0.3, -0.25) is 4.72 Å². The van der Waals surface area contributed by atoms with E-state index in [1.807, 2.05) is 0 Å². The molecule has 0 aromatic heterocycles. The summed E-state index contributed by atoms with van der Waals surface area (Å²) in [5.41, 5.74) is 1.29. The molecule has 1 N–H and O–H groups in total. The number of hydrogen-bond acceptors (Lipinski definition) is 3. The van der Waals surface area contributed by atoms with Crippen molar-refractivity contribution < 1.29 is 13.2 Å². The lowest BCUT2D eigenvalue weighted by Gasteiger charge is -2.15. The van der Waals surface area contributed by atoms with Crippen LogP contribution >= 0.6 is 0 Å². The Bertz CT molecular complexity index is 458. The maximum atomic E-state index is 11.7. The number of fused-ring (bicyclic) bond motifs is 1. The van der Waals surface area contributed by atoms with Crippen LogP contribution in [0.4, 0.5) is 11.4 Å². The molecule has 2 rings (SSSR count). The Morgan fingerprint density at radius 2 is 2.13 bits per heavy atom. The Hall–Kier alpha value is -1.27. The third-order valence-electron chi connectivity index (χ3n) is 2.20. The van der Waals surface area contributed by atoms with E-state index in [2.05, 4.69) is 4.72 Å². The van der Waals surface area contributed by atoms with Crippen LogP contribution in [0.25, 0.3) is 0 Å². The monoisotopic (exact) mass is 228 g/mol. The van der Waals surface area contributed by atoms with Crippen LogP contribution in [0.5, 0.6) is 0 Å². The highest BCUT2D eigenvalue weighted by Crippen LogP contribution is 2.34. The van der Waals surface area contributed by atoms with Crippen LogP contribution < -0.4 is 9.03 Å². The first-order valence-electron chi connectivity index (χ1n) is 4.53. The second-order valence-corrected chi connectivity index (χ2v) is 4.78. The minimum atomic E-state index is -3.42. The van der Waals surface area contributed by atoms with E-state index in [0.717, 1.165) is 0 Å². The van der Waals surface area contributed by atoms with Crippen molar-refractivity contribution in [2.24, 2.45) is 0 Å². The van der Waals surface area contributed by atoms with E-state index in [1.165, 1.54) is 4.31 Å². The molecule has 0 fully saturated rings. The zero-order chi connectivity index (χ0) is 10.9. The van der Waals surface area contributed by atoms with Gasteiger partial charge in [-0.15, -0.1) is 0 Å². The predicted octanol–water partition coefficient (Wildman–Crippen LogP) is 0.810. The average Bonchev–Trinajstić information content (AvgIpc) is 2.45. The average molecular weight is 228 g/mol. The van der Waals surface area contributed by atoms with E-state index in [4.69, 9.17) is 4.74 Å². The molecule has 5 nitrogen and oxygen atoms in total. The van der Waals surface area contributed by atoms with Gasteiger partial charge in [0.1, 0.15) is 0 Å². The molecule has 1 aliphatic rings. The van der Waals surface area contributed by atoms with Gasteiger partial charge in [-0.2, -0.15) is 8.42 Å². The molecule has 0 saturated heterocycles. The van der Waals surface area contributed by atoms with Crippen LogP contribution in [0.2, 0.25) is 0 Å². The first-order valence-corrected chi connectivity index (χ1v) is 5.97. The molecule has 15 heavy (non-hydrogen) atoms. The summed E-state index contributed by atoms with van der Waals surface area (Å²) in [5, 5.41) is 0. The molecule has 1 aliphatic heterocycles. The van der Waals surface area contributed by atoms with Crippen LogP contribution in [0.1, 0.15) is 0 Å². The maximum Gasteiger partial charge on any atom is 0.324 e. The van der Waals surface area contributed by atoms with Crippen molar-refractivity contribution in [2.75, 3.05) is 29.3 Å². The normalized spacial score (nSPS) is 17.3. The number of para-hydroxylation sites is 2. The Kier molecular flexibility index (Phi) is 2.54. The van der Waals surface area contributed by atoms with Gasteiger partial charge >= 0.3 is 10.2 Å². The zero-order valence-corrected chi connectivity index (χ0v) is 9.12. The third-order valence-corrected chi connectivity index (χ3v) is 3.64. The lowest BCUT2D eigenvalue weighted by molar-refractivity contribution is 0.208. The SMILES string of the molecule is COCCN1c2ccccc2NS1(=O)=O. The number of nitrogens with zero attached hydrogens (tertiary/aromatic N) is 1. The van der Waals surface area contributed by atoms with Crippen LogP contribution in [-0.4, -0.2) is 28.7 Å². The molecule has 0 aliphatic carbocycles. The van der Waals surface area contributed by atoms with Gasteiger partial charge in [0.05, 0.1) is 24.5 Å². The van der Waals surface area contributed by atoms with Crippen LogP contribution in [0, 0.1) is 0 Å². The van der Waals surface area contributed by atoms with Crippen molar-refractivity contribution in [3.05, 3.63) is 24.3 Å². The minimum absolute atomic E-state index is 0.322. The first kappa shape index (κ1) is 10.3. The highest BCUT2D eigenvalue weighted by molar-refractivity contribution is 7.94. The molecule has 0 bridgehead atoms. The lowest BCUT2D eigenvalue weighted by atomic mass is 10.3.